The first-order valence-corrected chi connectivity index (χ1v) is 9.89. The Hall–Kier alpha value is -2.16. The van der Waals surface area contributed by atoms with Crippen molar-refractivity contribution >= 4 is 33.6 Å². The van der Waals surface area contributed by atoms with Gasteiger partial charge in [0, 0.05) is 56.1 Å². The molecule has 0 unspecified atom stereocenters. The monoisotopic (exact) mass is 394 g/mol. The molecule has 0 atom stereocenters. The first-order valence-electron chi connectivity index (χ1n) is 8.07. The van der Waals surface area contributed by atoms with Crippen molar-refractivity contribution in [2.45, 2.75) is 4.90 Å². The summed E-state index contributed by atoms with van der Waals surface area (Å²) >= 11 is 5.89. The zero-order valence-electron chi connectivity index (χ0n) is 14.2. The molecule has 1 aliphatic rings. The zero-order chi connectivity index (χ0) is 18.7. The first-order chi connectivity index (χ1) is 12.4. The molecular formula is C17H19ClN4O3S. The maximum atomic E-state index is 12.7. The second-order valence-electron chi connectivity index (χ2n) is 5.97. The highest BCUT2D eigenvalue weighted by Crippen LogP contribution is 2.21. The van der Waals surface area contributed by atoms with Gasteiger partial charge in [-0.1, -0.05) is 17.7 Å². The lowest BCUT2D eigenvalue weighted by Crippen LogP contribution is -2.50. The summed E-state index contributed by atoms with van der Waals surface area (Å²) < 4.78 is 28.4. The van der Waals surface area contributed by atoms with Crippen LogP contribution in [0.25, 0.3) is 6.08 Å². The number of halogens is 1. The van der Waals surface area contributed by atoms with Gasteiger partial charge >= 0.3 is 0 Å². The van der Waals surface area contributed by atoms with Crippen LogP contribution in [0.15, 0.2) is 47.6 Å². The summed E-state index contributed by atoms with van der Waals surface area (Å²) in [5.41, 5.74) is 0.836. The highest BCUT2D eigenvalue weighted by atomic mass is 35.5. The lowest BCUT2D eigenvalue weighted by molar-refractivity contribution is -0.127. The van der Waals surface area contributed by atoms with Gasteiger partial charge < -0.3 is 4.90 Å². The molecule has 1 aliphatic heterocycles. The highest BCUT2D eigenvalue weighted by molar-refractivity contribution is 7.89. The molecule has 1 aromatic heterocycles. The molecule has 1 aromatic carbocycles. The van der Waals surface area contributed by atoms with Crippen molar-refractivity contribution in [2.24, 2.45) is 7.05 Å². The predicted molar refractivity (Wildman–Crippen MR) is 99.0 cm³/mol. The summed E-state index contributed by atoms with van der Waals surface area (Å²) in [6.45, 7) is 1.19. The minimum absolute atomic E-state index is 0.145. The molecule has 1 amide bonds. The van der Waals surface area contributed by atoms with Crippen LogP contribution in [-0.2, 0) is 21.9 Å². The Labute approximate surface area is 157 Å². The lowest BCUT2D eigenvalue weighted by atomic mass is 10.3. The van der Waals surface area contributed by atoms with E-state index in [1.807, 2.05) is 0 Å². The normalized spacial score (nSPS) is 16.3. The number of rotatable bonds is 4. The molecule has 1 fully saturated rings. The molecule has 0 saturated carbocycles. The van der Waals surface area contributed by atoms with Gasteiger partial charge in [0.2, 0.25) is 15.9 Å². The Morgan fingerprint density at radius 2 is 1.96 bits per heavy atom. The highest BCUT2D eigenvalue weighted by Gasteiger charge is 2.29. The summed E-state index contributed by atoms with van der Waals surface area (Å²) in [5, 5.41) is 4.41. The van der Waals surface area contributed by atoms with E-state index in [0.29, 0.717) is 18.1 Å². The van der Waals surface area contributed by atoms with Gasteiger partial charge in [-0.05, 0) is 24.3 Å². The van der Waals surface area contributed by atoms with E-state index in [9.17, 15) is 13.2 Å². The van der Waals surface area contributed by atoms with Gasteiger partial charge in [-0.25, -0.2) is 8.42 Å². The molecule has 9 heteroatoms. The number of hydrogen-bond acceptors (Lipinski definition) is 4. The Morgan fingerprint density at radius 1 is 1.23 bits per heavy atom. The van der Waals surface area contributed by atoms with Gasteiger partial charge in [0.05, 0.1) is 11.1 Å². The molecule has 3 rings (SSSR count). The van der Waals surface area contributed by atoms with Crippen molar-refractivity contribution in [3.05, 3.63) is 53.3 Å². The third-order valence-electron chi connectivity index (χ3n) is 4.13. The Bertz CT molecular complexity index is 931. The molecule has 2 heterocycles. The largest absolute Gasteiger partial charge is 0.337 e. The van der Waals surface area contributed by atoms with E-state index in [4.69, 9.17) is 11.6 Å². The third-order valence-corrected chi connectivity index (χ3v) is 6.26. The molecule has 7 nitrogen and oxygen atoms in total. The summed E-state index contributed by atoms with van der Waals surface area (Å²) in [6, 6.07) is 6.20. The topological polar surface area (TPSA) is 75.5 Å². The minimum Gasteiger partial charge on any atom is -0.337 e. The van der Waals surface area contributed by atoms with Crippen molar-refractivity contribution < 1.29 is 13.2 Å². The number of piperazine rings is 1. The van der Waals surface area contributed by atoms with Crippen LogP contribution in [0.2, 0.25) is 5.02 Å². The van der Waals surface area contributed by atoms with Crippen LogP contribution in [0.1, 0.15) is 5.56 Å². The summed E-state index contributed by atoms with van der Waals surface area (Å²) in [4.78, 5) is 14.1. The standard InChI is InChI=1S/C17H19ClN4O3S/c1-20-13-14(12-19-20)5-6-17(23)21-7-9-22(10-8-21)26(24,25)16-4-2-3-15(18)11-16/h2-6,11-13H,7-10H2,1H3. The second kappa shape index (κ2) is 7.61. The molecule has 2 aromatic rings. The van der Waals surface area contributed by atoms with Crippen molar-refractivity contribution in [3.63, 3.8) is 0 Å². The quantitative estimate of drug-likeness (QED) is 0.738. The van der Waals surface area contributed by atoms with E-state index in [1.54, 1.807) is 47.2 Å². The molecule has 0 radical (unpaired) electrons. The van der Waals surface area contributed by atoms with Gasteiger partial charge in [-0.15, -0.1) is 0 Å². The average Bonchev–Trinajstić information content (AvgIpc) is 3.05. The fourth-order valence-corrected chi connectivity index (χ4v) is 4.45. The van der Waals surface area contributed by atoms with Crippen molar-refractivity contribution in [3.8, 4) is 0 Å². The van der Waals surface area contributed by atoms with Crippen LogP contribution < -0.4 is 0 Å². The third kappa shape index (κ3) is 4.14. The molecule has 1 saturated heterocycles. The molecule has 138 valence electrons. The van der Waals surface area contributed by atoms with E-state index in [0.717, 1.165) is 5.56 Å². The van der Waals surface area contributed by atoms with Gasteiger partial charge in [-0.3, -0.25) is 9.48 Å². The average molecular weight is 395 g/mol. The fraction of sp³-hybridized carbons (Fsp3) is 0.294. The summed E-state index contributed by atoms with van der Waals surface area (Å²) in [6.07, 6.45) is 6.65. The van der Waals surface area contributed by atoms with E-state index >= 15 is 0 Å². The van der Waals surface area contributed by atoms with E-state index in [2.05, 4.69) is 5.10 Å². The summed E-state index contributed by atoms with van der Waals surface area (Å²) in [5.74, 6) is -0.145. The molecule has 0 aliphatic carbocycles. The van der Waals surface area contributed by atoms with Crippen LogP contribution in [-0.4, -0.2) is 59.5 Å². The number of nitrogens with zero attached hydrogens (tertiary/aromatic N) is 4. The SMILES string of the molecule is Cn1cc(C=CC(=O)N2CCN(S(=O)(=O)c3cccc(Cl)c3)CC2)cn1. The van der Waals surface area contributed by atoms with E-state index < -0.39 is 10.0 Å². The number of hydrogen-bond donors (Lipinski definition) is 0. The maximum absolute atomic E-state index is 12.7. The van der Waals surface area contributed by atoms with E-state index in [1.165, 1.54) is 22.5 Å². The maximum Gasteiger partial charge on any atom is 0.246 e. The number of sulfonamides is 1. The van der Waals surface area contributed by atoms with Gasteiger partial charge in [0.1, 0.15) is 0 Å². The molecule has 0 spiro atoms. The Morgan fingerprint density at radius 3 is 2.58 bits per heavy atom. The van der Waals surface area contributed by atoms with Crippen LogP contribution >= 0.6 is 11.6 Å². The predicted octanol–water partition coefficient (Wildman–Crippen LogP) is 1.62. The smallest absolute Gasteiger partial charge is 0.246 e. The van der Waals surface area contributed by atoms with Crippen molar-refractivity contribution in [2.75, 3.05) is 26.2 Å². The van der Waals surface area contributed by atoms with Crippen LogP contribution in [0.3, 0.4) is 0 Å². The first kappa shape index (κ1) is 18.6. The molecule has 0 N–H and O–H groups in total. The summed E-state index contributed by atoms with van der Waals surface area (Å²) in [7, 11) is -1.80. The Balaban J connectivity index is 1.61. The van der Waals surface area contributed by atoms with Gasteiger partial charge in [-0.2, -0.15) is 9.40 Å². The van der Waals surface area contributed by atoms with Crippen LogP contribution in [0.5, 0.6) is 0 Å². The second-order valence-corrected chi connectivity index (χ2v) is 8.34. The minimum atomic E-state index is -3.60. The number of carbonyl (C=O) groups excluding carboxylic acids is 1. The Kier molecular flexibility index (Phi) is 5.45. The number of aromatic nitrogens is 2. The van der Waals surface area contributed by atoms with Crippen molar-refractivity contribution in [1.82, 2.24) is 19.0 Å². The molecule has 26 heavy (non-hydrogen) atoms. The number of aryl methyl sites for hydroxylation is 1. The van der Waals surface area contributed by atoms with Crippen LogP contribution in [0.4, 0.5) is 0 Å². The number of carbonyl (C=O) groups is 1. The number of benzene rings is 1. The fourth-order valence-electron chi connectivity index (χ4n) is 2.72. The van der Waals surface area contributed by atoms with Gasteiger partial charge in [0.15, 0.2) is 0 Å². The lowest BCUT2D eigenvalue weighted by Gasteiger charge is -2.33. The van der Waals surface area contributed by atoms with Gasteiger partial charge in [0.25, 0.3) is 0 Å². The molecule has 0 bridgehead atoms. The van der Waals surface area contributed by atoms with Crippen LogP contribution in [0, 0.1) is 0 Å². The zero-order valence-corrected chi connectivity index (χ0v) is 15.8. The van der Waals surface area contributed by atoms with Crippen molar-refractivity contribution in [1.29, 1.82) is 0 Å². The number of amides is 1. The van der Waals surface area contributed by atoms with E-state index in [-0.39, 0.29) is 23.9 Å². The molecular weight excluding hydrogens is 376 g/mol.